The zero-order valence-corrected chi connectivity index (χ0v) is 18.7. The van der Waals surface area contributed by atoms with E-state index in [1.165, 1.54) is 36.4 Å². The third-order valence-corrected chi connectivity index (χ3v) is 6.04. The maximum absolute atomic E-state index is 12.5. The number of amides is 2. The molecule has 0 radical (unpaired) electrons. The van der Waals surface area contributed by atoms with E-state index in [0.717, 1.165) is 11.8 Å². The molecule has 0 aliphatic rings. The summed E-state index contributed by atoms with van der Waals surface area (Å²) >= 11 is 12.5. The molecule has 0 spiro atoms. The molecule has 2 amide bonds. The molecule has 0 heterocycles. The summed E-state index contributed by atoms with van der Waals surface area (Å²) in [6, 6.07) is 17.7. The molecule has 0 bridgehead atoms. The second-order valence-electron chi connectivity index (χ2n) is 6.78. The molecular weight excluding hydrogens is 459 g/mol. The van der Waals surface area contributed by atoms with Gasteiger partial charge in [0.25, 0.3) is 5.91 Å². The maximum Gasteiger partial charge on any atom is 0.255 e. The van der Waals surface area contributed by atoms with Gasteiger partial charge in [-0.25, -0.2) is 8.42 Å². The predicted octanol–water partition coefficient (Wildman–Crippen LogP) is 4.83. The molecule has 0 atom stereocenters. The number of carbonyl (C=O) groups excluding carboxylic acids is 2. The van der Waals surface area contributed by atoms with Gasteiger partial charge in [0.15, 0.2) is 9.84 Å². The van der Waals surface area contributed by atoms with Gasteiger partial charge in [-0.1, -0.05) is 53.5 Å². The number of anilines is 2. The van der Waals surface area contributed by atoms with Gasteiger partial charge in [0.1, 0.15) is 0 Å². The Labute approximate surface area is 190 Å². The van der Waals surface area contributed by atoms with Crippen molar-refractivity contribution < 1.29 is 18.0 Å². The van der Waals surface area contributed by atoms with Crippen molar-refractivity contribution >= 4 is 56.2 Å². The number of nitrogens with one attached hydrogen (secondary N) is 2. The monoisotopic (exact) mass is 476 g/mol. The smallest absolute Gasteiger partial charge is 0.255 e. The van der Waals surface area contributed by atoms with Crippen molar-refractivity contribution in [2.45, 2.75) is 11.3 Å². The molecule has 3 aromatic rings. The molecule has 0 fully saturated rings. The molecule has 0 aliphatic heterocycles. The summed E-state index contributed by atoms with van der Waals surface area (Å²) in [5, 5.41) is 5.62. The van der Waals surface area contributed by atoms with Crippen LogP contribution in [0, 0.1) is 0 Å². The highest BCUT2D eigenvalue weighted by molar-refractivity contribution is 7.90. The van der Waals surface area contributed by atoms with Crippen molar-refractivity contribution in [1.29, 1.82) is 0 Å². The van der Waals surface area contributed by atoms with Gasteiger partial charge in [-0.05, 0) is 42.0 Å². The average molecular weight is 477 g/mol. The lowest BCUT2D eigenvalue weighted by Crippen LogP contribution is -2.15. The fourth-order valence-electron chi connectivity index (χ4n) is 2.79. The van der Waals surface area contributed by atoms with Crippen LogP contribution in [0.5, 0.6) is 0 Å². The first kappa shape index (κ1) is 22.8. The van der Waals surface area contributed by atoms with E-state index in [0.29, 0.717) is 5.69 Å². The quantitative estimate of drug-likeness (QED) is 0.532. The molecule has 160 valence electrons. The van der Waals surface area contributed by atoms with Crippen LogP contribution in [0.2, 0.25) is 10.0 Å². The lowest BCUT2D eigenvalue weighted by atomic mass is 10.1. The van der Waals surface area contributed by atoms with Gasteiger partial charge in [-0.3, -0.25) is 9.59 Å². The van der Waals surface area contributed by atoms with Crippen LogP contribution in [-0.2, 0) is 21.1 Å². The number of rotatable bonds is 6. The third-order valence-electron chi connectivity index (χ3n) is 4.32. The number of hydrogen-bond donors (Lipinski definition) is 2. The van der Waals surface area contributed by atoms with Gasteiger partial charge >= 0.3 is 0 Å². The molecule has 0 unspecified atom stereocenters. The van der Waals surface area contributed by atoms with Crippen LogP contribution < -0.4 is 10.6 Å². The van der Waals surface area contributed by atoms with Gasteiger partial charge in [0.2, 0.25) is 5.91 Å². The highest BCUT2D eigenvalue weighted by Gasteiger charge is 2.15. The zero-order chi connectivity index (χ0) is 22.6. The zero-order valence-electron chi connectivity index (χ0n) is 16.4. The minimum Gasteiger partial charge on any atom is -0.326 e. The lowest BCUT2D eigenvalue weighted by molar-refractivity contribution is -0.115. The van der Waals surface area contributed by atoms with Crippen molar-refractivity contribution in [1.82, 2.24) is 0 Å². The van der Waals surface area contributed by atoms with Crippen molar-refractivity contribution in [3.05, 3.63) is 87.9 Å². The van der Waals surface area contributed by atoms with Crippen molar-refractivity contribution in [3.63, 3.8) is 0 Å². The second-order valence-corrected chi connectivity index (χ2v) is 9.61. The molecule has 9 heteroatoms. The Kier molecular flexibility index (Phi) is 7.00. The first-order valence-electron chi connectivity index (χ1n) is 9.08. The lowest BCUT2D eigenvalue weighted by Gasteiger charge is -2.13. The van der Waals surface area contributed by atoms with E-state index in [9.17, 15) is 18.0 Å². The highest BCUT2D eigenvalue weighted by Crippen LogP contribution is 2.34. The number of carbonyl (C=O) groups is 2. The molecule has 3 rings (SSSR count). The van der Waals surface area contributed by atoms with Crippen LogP contribution >= 0.6 is 23.2 Å². The minimum absolute atomic E-state index is 0.107. The molecule has 2 N–H and O–H groups in total. The molecule has 0 aliphatic carbocycles. The molecule has 31 heavy (non-hydrogen) atoms. The summed E-state index contributed by atoms with van der Waals surface area (Å²) in [7, 11) is -3.36. The number of halogens is 2. The van der Waals surface area contributed by atoms with E-state index in [4.69, 9.17) is 23.2 Å². The summed E-state index contributed by atoms with van der Waals surface area (Å²) in [5.74, 6) is -0.745. The Morgan fingerprint density at radius 3 is 2.00 bits per heavy atom. The fraction of sp³-hybridized carbons (Fsp3) is 0.0909. The van der Waals surface area contributed by atoms with Gasteiger partial charge in [0.05, 0.1) is 27.0 Å². The van der Waals surface area contributed by atoms with Crippen LogP contribution in [0.3, 0.4) is 0 Å². The Morgan fingerprint density at radius 1 is 0.871 bits per heavy atom. The Morgan fingerprint density at radius 2 is 1.45 bits per heavy atom. The molecule has 3 aromatic carbocycles. The highest BCUT2D eigenvalue weighted by atomic mass is 35.5. The van der Waals surface area contributed by atoms with Gasteiger partial charge in [0, 0.05) is 17.5 Å². The van der Waals surface area contributed by atoms with E-state index in [-0.39, 0.29) is 38.5 Å². The Bertz CT molecular complexity index is 1210. The van der Waals surface area contributed by atoms with E-state index < -0.39 is 15.7 Å². The van der Waals surface area contributed by atoms with Crippen molar-refractivity contribution in [2.24, 2.45) is 0 Å². The van der Waals surface area contributed by atoms with Crippen LogP contribution in [-0.4, -0.2) is 26.5 Å². The molecule has 0 saturated carbocycles. The first-order chi connectivity index (χ1) is 14.6. The average Bonchev–Trinajstić information content (AvgIpc) is 2.70. The van der Waals surface area contributed by atoms with E-state index in [1.54, 1.807) is 0 Å². The Hall–Kier alpha value is -2.87. The summed E-state index contributed by atoms with van der Waals surface area (Å²) in [6.45, 7) is 0. The largest absolute Gasteiger partial charge is 0.326 e. The summed E-state index contributed by atoms with van der Waals surface area (Å²) in [6.07, 6.45) is 1.28. The van der Waals surface area contributed by atoms with E-state index in [1.807, 2.05) is 30.3 Å². The second kappa shape index (κ2) is 9.51. The third kappa shape index (κ3) is 6.07. The maximum atomic E-state index is 12.5. The first-order valence-corrected chi connectivity index (χ1v) is 11.7. The summed E-state index contributed by atoms with van der Waals surface area (Å²) in [4.78, 5) is 24.8. The Balaban J connectivity index is 1.71. The predicted molar refractivity (Wildman–Crippen MR) is 123 cm³/mol. The normalized spacial score (nSPS) is 11.1. The van der Waals surface area contributed by atoms with Gasteiger partial charge in [-0.2, -0.15) is 0 Å². The van der Waals surface area contributed by atoms with Crippen molar-refractivity contribution in [2.75, 3.05) is 16.9 Å². The van der Waals surface area contributed by atoms with Crippen LogP contribution in [0.15, 0.2) is 71.6 Å². The number of hydrogen-bond acceptors (Lipinski definition) is 4. The fourth-order valence-corrected chi connectivity index (χ4v) is 4.00. The standard InChI is InChI=1S/C22H18Cl2N2O4S/c1-31(29,30)17-9-7-15(8-10-17)22(28)26-21-18(23)12-16(13-19(21)24)25-20(27)11-14-5-3-2-4-6-14/h2-10,12-13H,11H2,1H3,(H,25,27)(H,26,28). The SMILES string of the molecule is CS(=O)(=O)c1ccc(C(=O)Nc2c(Cl)cc(NC(=O)Cc3ccccc3)cc2Cl)cc1. The van der Waals surface area contributed by atoms with Crippen LogP contribution in [0.1, 0.15) is 15.9 Å². The van der Waals surface area contributed by atoms with E-state index in [2.05, 4.69) is 10.6 Å². The van der Waals surface area contributed by atoms with Gasteiger partial charge < -0.3 is 10.6 Å². The van der Waals surface area contributed by atoms with Crippen molar-refractivity contribution in [3.8, 4) is 0 Å². The number of benzene rings is 3. The summed E-state index contributed by atoms with van der Waals surface area (Å²) in [5.41, 5.74) is 1.68. The number of sulfone groups is 1. The summed E-state index contributed by atoms with van der Waals surface area (Å²) < 4.78 is 23.1. The van der Waals surface area contributed by atoms with Gasteiger partial charge in [-0.15, -0.1) is 0 Å². The molecule has 6 nitrogen and oxygen atoms in total. The molecule has 0 saturated heterocycles. The van der Waals surface area contributed by atoms with Crippen LogP contribution in [0.4, 0.5) is 11.4 Å². The minimum atomic E-state index is -3.36. The topological polar surface area (TPSA) is 92.3 Å². The molecule has 0 aromatic heterocycles. The molecular formula is C22H18Cl2N2O4S. The van der Waals surface area contributed by atoms with E-state index >= 15 is 0 Å². The van der Waals surface area contributed by atoms with Crippen LogP contribution in [0.25, 0.3) is 0 Å².